The van der Waals surface area contributed by atoms with Crippen molar-refractivity contribution < 1.29 is 37.9 Å². The number of phenolic OH excluding ortho intramolecular Hbond substituents is 1. The number of piperidine rings is 3. The normalized spacial score (nSPS) is 24.7. The second-order valence-electron chi connectivity index (χ2n) is 17.1. The number of anilines is 1. The van der Waals surface area contributed by atoms with Gasteiger partial charge in [-0.05, 0) is 115 Å². The molecule has 0 aromatic heterocycles. The third-order valence-corrected chi connectivity index (χ3v) is 13.7. The van der Waals surface area contributed by atoms with Crippen molar-refractivity contribution in [1.29, 1.82) is 0 Å². The van der Waals surface area contributed by atoms with Gasteiger partial charge in [0.2, 0.25) is 17.7 Å². The van der Waals surface area contributed by atoms with Gasteiger partial charge in [-0.3, -0.25) is 44.0 Å². The van der Waals surface area contributed by atoms with E-state index in [1.807, 2.05) is 27.7 Å². The number of likely N-dealkylation sites (tertiary alicyclic amines) is 1. The molecule has 9 rings (SSSR count). The van der Waals surface area contributed by atoms with Crippen molar-refractivity contribution in [3.63, 3.8) is 0 Å². The molecule has 0 saturated carbocycles. The Balaban J connectivity index is 0.777. The van der Waals surface area contributed by atoms with Crippen molar-refractivity contribution in [2.24, 2.45) is 5.41 Å². The van der Waals surface area contributed by atoms with Crippen LogP contribution in [0.1, 0.15) is 100 Å². The van der Waals surface area contributed by atoms with E-state index in [-0.39, 0.29) is 66.2 Å². The molecule has 14 heteroatoms. The molecule has 3 aromatic carbocycles. The van der Waals surface area contributed by atoms with Crippen LogP contribution >= 0.6 is 0 Å². The van der Waals surface area contributed by atoms with Crippen LogP contribution in [-0.4, -0.2) is 112 Å². The van der Waals surface area contributed by atoms with Gasteiger partial charge in [0.15, 0.2) is 0 Å². The highest BCUT2D eigenvalue weighted by atomic mass is 19.3. The van der Waals surface area contributed by atoms with Gasteiger partial charge in [0.25, 0.3) is 18.2 Å². The van der Waals surface area contributed by atoms with Gasteiger partial charge >= 0.3 is 0 Å². The van der Waals surface area contributed by atoms with E-state index in [1.165, 1.54) is 0 Å². The summed E-state index contributed by atoms with van der Waals surface area (Å²) in [5, 5.41) is 12.3. The lowest BCUT2D eigenvalue weighted by atomic mass is 9.71. The molecule has 3 atom stereocenters. The summed E-state index contributed by atoms with van der Waals surface area (Å²) in [5.41, 5.74) is 6.49. The molecule has 1 spiro atoms. The smallest absolute Gasteiger partial charge is 0.262 e. The Morgan fingerprint density at radius 2 is 1.50 bits per heavy atom. The first-order chi connectivity index (χ1) is 27.9. The van der Waals surface area contributed by atoms with Crippen molar-refractivity contribution >= 4 is 35.2 Å². The van der Waals surface area contributed by atoms with Gasteiger partial charge in [0.05, 0.1) is 30.3 Å². The summed E-state index contributed by atoms with van der Waals surface area (Å²) in [6.07, 6.45) is 2.27. The lowest BCUT2D eigenvalue weighted by Crippen LogP contribution is -2.54. The highest BCUT2D eigenvalue weighted by molar-refractivity contribution is 6.23. The molecule has 6 aliphatic rings. The van der Waals surface area contributed by atoms with E-state index in [4.69, 9.17) is 0 Å². The van der Waals surface area contributed by atoms with Crippen LogP contribution in [0.25, 0.3) is 0 Å². The summed E-state index contributed by atoms with van der Waals surface area (Å²) >= 11 is 0. The van der Waals surface area contributed by atoms with Gasteiger partial charge < -0.3 is 14.9 Å². The molecular weight excluding hydrogens is 747 g/mol. The number of benzene rings is 3. The maximum Gasteiger partial charge on any atom is 0.262 e. The fraction of sp³-hybridized carbons (Fsp3) is 0.477. The van der Waals surface area contributed by atoms with Crippen LogP contribution in [0.4, 0.5) is 14.5 Å². The third-order valence-electron chi connectivity index (χ3n) is 13.7. The molecule has 3 saturated heterocycles. The number of carbonyl (C=O) groups excluding carboxylic acids is 5. The number of carbonyl (C=O) groups is 5. The van der Waals surface area contributed by atoms with Crippen LogP contribution in [0.2, 0.25) is 0 Å². The number of halogens is 2. The number of nitrogens with one attached hydrogen (secondary N) is 1. The SMILES string of the molecule is C[C@@H]1Cc2cc(O)ccc2[C@@H](c2ccc(N3CCC4(CCN(C(=O)CN5Cc6cc7c(cc6C5)C(=O)N(C5CCC(=O)NC5=O)C7=O)CC4)CC3)cc2)N1CC(F)F. The highest BCUT2D eigenvalue weighted by Crippen LogP contribution is 2.44. The molecule has 12 nitrogen and oxygen atoms in total. The van der Waals surface area contributed by atoms with Crippen LogP contribution in [0, 0.1) is 5.41 Å². The Hall–Kier alpha value is -5.21. The van der Waals surface area contributed by atoms with Gasteiger partial charge in [-0.1, -0.05) is 18.2 Å². The number of fused-ring (bicyclic) bond motifs is 3. The van der Waals surface area contributed by atoms with E-state index >= 15 is 0 Å². The van der Waals surface area contributed by atoms with Gasteiger partial charge in [-0.15, -0.1) is 0 Å². The summed E-state index contributed by atoms with van der Waals surface area (Å²) in [6, 6.07) is 15.6. The Bertz CT molecular complexity index is 2130. The third kappa shape index (κ3) is 6.93. The van der Waals surface area contributed by atoms with Crippen LogP contribution in [-0.2, 0) is 33.9 Å². The largest absolute Gasteiger partial charge is 0.508 e. The minimum atomic E-state index is -2.45. The highest BCUT2D eigenvalue weighted by Gasteiger charge is 2.46. The number of amides is 5. The number of hydrogen-bond donors (Lipinski definition) is 2. The Morgan fingerprint density at radius 3 is 2.12 bits per heavy atom. The molecule has 0 radical (unpaired) electrons. The van der Waals surface area contributed by atoms with Crippen LogP contribution in [0.15, 0.2) is 54.6 Å². The van der Waals surface area contributed by atoms with Gasteiger partial charge in [0.1, 0.15) is 11.8 Å². The lowest BCUT2D eigenvalue weighted by molar-refractivity contribution is -0.137. The second kappa shape index (κ2) is 14.9. The minimum Gasteiger partial charge on any atom is -0.508 e. The molecule has 2 N–H and O–H groups in total. The number of alkyl halides is 2. The summed E-state index contributed by atoms with van der Waals surface area (Å²) < 4.78 is 27.5. The fourth-order valence-corrected chi connectivity index (χ4v) is 10.4. The van der Waals surface area contributed by atoms with E-state index < -0.39 is 36.1 Å². The summed E-state index contributed by atoms with van der Waals surface area (Å²) in [4.78, 5) is 73.5. The first kappa shape index (κ1) is 38.3. The minimum absolute atomic E-state index is 0.0666. The van der Waals surface area contributed by atoms with Crippen molar-refractivity contribution in [1.82, 2.24) is 24.9 Å². The number of phenols is 1. The first-order valence-corrected chi connectivity index (χ1v) is 20.4. The number of imide groups is 2. The first-order valence-electron chi connectivity index (χ1n) is 20.4. The molecule has 0 aliphatic carbocycles. The van der Waals surface area contributed by atoms with Crippen LogP contribution < -0.4 is 10.2 Å². The molecule has 1 unspecified atom stereocenters. The molecule has 5 amide bonds. The topological polar surface area (TPSA) is 134 Å². The summed E-state index contributed by atoms with van der Waals surface area (Å²) in [7, 11) is 0. The summed E-state index contributed by atoms with van der Waals surface area (Å²) in [5.74, 6) is -1.85. The fourth-order valence-electron chi connectivity index (χ4n) is 10.4. The average Bonchev–Trinajstić information content (AvgIpc) is 3.70. The predicted octanol–water partition coefficient (Wildman–Crippen LogP) is 4.62. The van der Waals surface area contributed by atoms with E-state index in [2.05, 4.69) is 34.5 Å². The zero-order chi connectivity index (χ0) is 40.5. The average molecular weight is 795 g/mol. The maximum absolute atomic E-state index is 13.7. The Kier molecular flexibility index (Phi) is 9.82. The molecule has 0 bridgehead atoms. The van der Waals surface area contributed by atoms with E-state index in [9.17, 15) is 37.9 Å². The second-order valence-corrected chi connectivity index (χ2v) is 17.1. The quantitative estimate of drug-likeness (QED) is 0.329. The van der Waals surface area contributed by atoms with Crippen LogP contribution in [0.3, 0.4) is 0 Å². The maximum atomic E-state index is 13.7. The monoisotopic (exact) mass is 794 g/mol. The molecule has 304 valence electrons. The Labute approximate surface area is 335 Å². The Morgan fingerprint density at radius 1 is 0.862 bits per heavy atom. The van der Waals surface area contributed by atoms with Crippen molar-refractivity contribution in [3.05, 3.63) is 93.5 Å². The van der Waals surface area contributed by atoms with Gasteiger partial charge in [0, 0.05) is 57.4 Å². The molecule has 6 heterocycles. The predicted molar refractivity (Wildman–Crippen MR) is 209 cm³/mol. The van der Waals surface area contributed by atoms with Gasteiger partial charge in [-0.25, -0.2) is 8.78 Å². The van der Waals surface area contributed by atoms with Gasteiger partial charge in [-0.2, -0.15) is 0 Å². The molecule has 6 aliphatic heterocycles. The van der Waals surface area contributed by atoms with Crippen molar-refractivity contribution in [3.8, 4) is 5.75 Å². The van der Waals surface area contributed by atoms with Crippen molar-refractivity contribution in [2.75, 3.05) is 44.2 Å². The zero-order valence-corrected chi connectivity index (χ0v) is 32.6. The van der Waals surface area contributed by atoms with E-state index in [0.29, 0.717) is 32.6 Å². The number of aromatic hydroxyl groups is 1. The molecule has 3 fully saturated rings. The molecule has 58 heavy (non-hydrogen) atoms. The lowest BCUT2D eigenvalue weighted by Gasteiger charge is -2.47. The standard InChI is InChI=1S/C44H48F2N6O6/c1-26-18-28-19-32(53)6-7-33(28)40(51(26)24-37(45)46)27-2-4-31(5-3-27)49-14-10-44(11-15-49)12-16-50(17-13-44)39(55)25-48-22-29-20-34-35(21-30(29)23-48)43(58)52(42(34)57)36-8-9-38(54)47-41(36)56/h2-7,19-21,26,36-37,40,53H,8-18,22-25H2,1H3,(H,47,54,56)/t26-,36?,40-/m1/s1. The number of rotatable bonds is 7. The zero-order valence-electron chi connectivity index (χ0n) is 32.6. The van der Waals surface area contributed by atoms with E-state index in [1.54, 1.807) is 24.3 Å². The number of nitrogens with zero attached hydrogens (tertiary/aromatic N) is 5. The van der Waals surface area contributed by atoms with Crippen molar-refractivity contribution in [2.45, 2.75) is 89.5 Å². The van der Waals surface area contributed by atoms with E-state index in [0.717, 1.165) is 77.2 Å². The molecule has 3 aromatic rings. The summed E-state index contributed by atoms with van der Waals surface area (Å²) in [6.45, 7) is 6.07. The number of hydrogen-bond acceptors (Lipinski definition) is 9. The van der Waals surface area contributed by atoms with Crippen LogP contribution in [0.5, 0.6) is 5.75 Å². The molecular formula is C44H48F2N6O6.